The first-order valence-corrected chi connectivity index (χ1v) is 8.28. The highest BCUT2D eigenvalue weighted by molar-refractivity contribution is 6.31. The summed E-state index contributed by atoms with van der Waals surface area (Å²) in [5.74, 6) is -1.07. The van der Waals surface area contributed by atoms with Gasteiger partial charge in [-0.2, -0.15) is 0 Å². The number of amides is 1. The molecule has 1 N–H and O–H groups in total. The van der Waals surface area contributed by atoms with E-state index in [0.717, 1.165) is 5.56 Å². The third-order valence-corrected chi connectivity index (χ3v) is 3.86. The molecule has 5 nitrogen and oxygen atoms in total. The molecule has 0 spiro atoms. The van der Waals surface area contributed by atoms with Gasteiger partial charge in [-0.25, -0.2) is 4.79 Å². The largest absolute Gasteiger partial charge is 0.446 e. The van der Waals surface area contributed by atoms with E-state index >= 15 is 0 Å². The Balaban J connectivity index is 2.17. The van der Waals surface area contributed by atoms with E-state index < -0.39 is 18.0 Å². The zero-order chi connectivity index (χ0) is 18.2. The quantitative estimate of drug-likeness (QED) is 0.759. The average molecular weight is 362 g/mol. The van der Waals surface area contributed by atoms with Crippen LogP contribution in [0.25, 0.3) is 0 Å². The van der Waals surface area contributed by atoms with Crippen LogP contribution < -0.4 is 5.32 Å². The number of rotatable bonds is 7. The zero-order valence-corrected chi connectivity index (χ0v) is 14.9. The van der Waals surface area contributed by atoms with Gasteiger partial charge in [0, 0.05) is 22.9 Å². The Kier molecular flexibility index (Phi) is 6.98. The second-order valence-corrected chi connectivity index (χ2v) is 5.78. The molecule has 0 radical (unpaired) electrons. The molecule has 0 fully saturated rings. The van der Waals surface area contributed by atoms with Crippen LogP contribution >= 0.6 is 11.6 Å². The van der Waals surface area contributed by atoms with Gasteiger partial charge in [0.2, 0.25) is 6.10 Å². The van der Waals surface area contributed by atoms with Crippen molar-refractivity contribution in [3.8, 4) is 0 Å². The van der Waals surface area contributed by atoms with Gasteiger partial charge in [-0.1, -0.05) is 48.0 Å². The number of benzene rings is 2. The van der Waals surface area contributed by atoms with Crippen molar-refractivity contribution in [3.63, 3.8) is 0 Å². The summed E-state index contributed by atoms with van der Waals surface area (Å²) in [4.78, 5) is 24.5. The van der Waals surface area contributed by atoms with Crippen molar-refractivity contribution in [2.45, 2.75) is 20.0 Å². The molecule has 0 bridgehead atoms. The maximum atomic E-state index is 12.6. The Morgan fingerprint density at radius 3 is 2.52 bits per heavy atom. The average Bonchev–Trinajstić information content (AvgIpc) is 2.61. The van der Waals surface area contributed by atoms with Gasteiger partial charge in [-0.3, -0.25) is 4.79 Å². The minimum absolute atomic E-state index is 0.205. The number of ether oxygens (including phenoxy) is 2. The monoisotopic (exact) mass is 361 g/mol. The van der Waals surface area contributed by atoms with Gasteiger partial charge in [0.05, 0.1) is 0 Å². The van der Waals surface area contributed by atoms with Crippen LogP contribution in [0.3, 0.4) is 0 Å². The van der Waals surface area contributed by atoms with Crippen LogP contribution in [0.2, 0.25) is 5.02 Å². The van der Waals surface area contributed by atoms with Crippen LogP contribution in [-0.4, -0.2) is 25.1 Å². The maximum Gasteiger partial charge on any atom is 0.333 e. The second kappa shape index (κ2) is 9.20. The fourth-order valence-corrected chi connectivity index (χ4v) is 2.31. The third kappa shape index (κ3) is 5.59. The van der Waals surface area contributed by atoms with Crippen molar-refractivity contribution in [1.82, 2.24) is 0 Å². The standard InChI is InChI=1S/C19H20ClNO4/c1-3-24-12-17(22)25-18(14-7-5-4-6-8-14)19(23)21-15-10-9-13(2)16(20)11-15/h4-11,18H,3,12H2,1-2H3,(H,21,23)/t18-/m1/s1. The van der Waals surface area contributed by atoms with Gasteiger partial charge in [-0.05, 0) is 31.5 Å². The topological polar surface area (TPSA) is 64.6 Å². The van der Waals surface area contributed by atoms with Crippen molar-refractivity contribution >= 4 is 29.2 Å². The van der Waals surface area contributed by atoms with Gasteiger partial charge in [-0.15, -0.1) is 0 Å². The van der Waals surface area contributed by atoms with E-state index in [-0.39, 0.29) is 6.61 Å². The molecule has 0 heterocycles. The summed E-state index contributed by atoms with van der Waals surface area (Å²) in [7, 11) is 0. The molecular formula is C19H20ClNO4. The Morgan fingerprint density at radius 1 is 1.16 bits per heavy atom. The van der Waals surface area contributed by atoms with Crippen molar-refractivity contribution in [2.75, 3.05) is 18.5 Å². The number of esters is 1. The molecule has 0 saturated heterocycles. The first kappa shape index (κ1) is 19.0. The lowest BCUT2D eigenvalue weighted by atomic mass is 10.1. The fraction of sp³-hybridized carbons (Fsp3) is 0.263. The molecule has 0 aliphatic carbocycles. The van der Waals surface area contributed by atoms with Crippen LogP contribution in [0.5, 0.6) is 0 Å². The van der Waals surface area contributed by atoms with Gasteiger partial charge in [0.1, 0.15) is 6.61 Å². The number of carbonyl (C=O) groups is 2. The lowest BCUT2D eigenvalue weighted by molar-refractivity contribution is -0.159. The molecule has 25 heavy (non-hydrogen) atoms. The molecule has 0 aliphatic rings. The van der Waals surface area contributed by atoms with Gasteiger partial charge < -0.3 is 14.8 Å². The number of hydrogen-bond donors (Lipinski definition) is 1. The lowest BCUT2D eigenvalue weighted by Crippen LogP contribution is -2.27. The van der Waals surface area contributed by atoms with Crippen LogP contribution in [0.15, 0.2) is 48.5 Å². The van der Waals surface area contributed by atoms with E-state index in [4.69, 9.17) is 21.1 Å². The molecule has 6 heteroatoms. The SMILES string of the molecule is CCOCC(=O)O[C@@H](C(=O)Nc1ccc(C)c(Cl)c1)c1ccccc1. The van der Waals surface area contributed by atoms with E-state index in [9.17, 15) is 9.59 Å². The molecule has 2 aromatic rings. The summed E-state index contributed by atoms with van der Waals surface area (Å²) < 4.78 is 10.4. The molecule has 2 rings (SSSR count). The van der Waals surface area contributed by atoms with Gasteiger partial charge in [0.15, 0.2) is 0 Å². The van der Waals surface area contributed by atoms with E-state index in [1.807, 2.05) is 13.0 Å². The summed E-state index contributed by atoms with van der Waals surface area (Å²) in [6.07, 6.45) is -1.07. The zero-order valence-electron chi connectivity index (χ0n) is 14.1. The number of carbonyl (C=O) groups excluding carboxylic acids is 2. The molecule has 0 unspecified atom stereocenters. The maximum absolute atomic E-state index is 12.6. The molecule has 1 atom stereocenters. The van der Waals surface area contributed by atoms with Crippen LogP contribution in [0.1, 0.15) is 24.2 Å². The Morgan fingerprint density at radius 2 is 1.88 bits per heavy atom. The fourth-order valence-electron chi connectivity index (χ4n) is 2.13. The summed E-state index contributed by atoms with van der Waals surface area (Å²) in [6.45, 7) is 3.83. The minimum Gasteiger partial charge on any atom is -0.446 e. The highest BCUT2D eigenvalue weighted by atomic mass is 35.5. The molecule has 2 aromatic carbocycles. The van der Waals surface area contributed by atoms with Crippen molar-refractivity contribution in [1.29, 1.82) is 0 Å². The second-order valence-electron chi connectivity index (χ2n) is 5.37. The van der Waals surface area contributed by atoms with E-state index in [2.05, 4.69) is 5.32 Å². The highest BCUT2D eigenvalue weighted by Crippen LogP contribution is 2.23. The molecule has 0 aromatic heterocycles. The third-order valence-electron chi connectivity index (χ3n) is 3.45. The van der Waals surface area contributed by atoms with E-state index in [1.165, 1.54) is 0 Å². The number of aryl methyl sites for hydroxylation is 1. The first-order chi connectivity index (χ1) is 12.0. The number of anilines is 1. The van der Waals surface area contributed by atoms with Crippen LogP contribution in [0.4, 0.5) is 5.69 Å². The molecule has 0 saturated carbocycles. The van der Waals surface area contributed by atoms with Crippen LogP contribution in [0, 0.1) is 6.92 Å². The van der Waals surface area contributed by atoms with Crippen molar-refractivity contribution in [3.05, 3.63) is 64.7 Å². The molecule has 1 amide bonds. The highest BCUT2D eigenvalue weighted by Gasteiger charge is 2.25. The lowest BCUT2D eigenvalue weighted by Gasteiger charge is -2.18. The number of halogens is 1. The van der Waals surface area contributed by atoms with Crippen LogP contribution in [-0.2, 0) is 19.1 Å². The first-order valence-electron chi connectivity index (χ1n) is 7.90. The normalized spacial score (nSPS) is 11.6. The Labute approximate surface area is 151 Å². The van der Waals surface area contributed by atoms with Crippen molar-refractivity contribution < 1.29 is 19.1 Å². The number of hydrogen-bond acceptors (Lipinski definition) is 4. The summed E-state index contributed by atoms with van der Waals surface area (Å²) >= 11 is 6.08. The summed E-state index contributed by atoms with van der Waals surface area (Å²) in [5, 5.41) is 3.27. The van der Waals surface area contributed by atoms with E-state index in [0.29, 0.717) is 22.9 Å². The smallest absolute Gasteiger partial charge is 0.333 e. The summed E-state index contributed by atoms with van der Waals surface area (Å²) in [6, 6.07) is 14.0. The molecule has 0 aliphatic heterocycles. The predicted molar refractivity (Wildman–Crippen MR) is 96.6 cm³/mol. The minimum atomic E-state index is -1.07. The van der Waals surface area contributed by atoms with Crippen molar-refractivity contribution in [2.24, 2.45) is 0 Å². The summed E-state index contributed by atoms with van der Waals surface area (Å²) in [5.41, 5.74) is 2.01. The van der Waals surface area contributed by atoms with Gasteiger partial charge >= 0.3 is 5.97 Å². The van der Waals surface area contributed by atoms with Gasteiger partial charge in [0.25, 0.3) is 5.91 Å². The molecule has 132 valence electrons. The Hall–Kier alpha value is -2.37. The molecular weight excluding hydrogens is 342 g/mol. The predicted octanol–water partition coefficient (Wildman–Crippen LogP) is 3.91. The number of nitrogens with one attached hydrogen (secondary N) is 1. The van der Waals surface area contributed by atoms with E-state index in [1.54, 1.807) is 49.4 Å². The Bertz CT molecular complexity index is 733.